The normalized spacial score (nSPS) is 25.1. The van der Waals surface area contributed by atoms with Crippen LogP contribution >= 0.6 is 0 Å². The van der Waals surface area contributed by atoms with Gasteiger partial charge in [0.25, 0.3) is 6.71 Å². The van der Waals surface area contributed by atoms with Gasteiger partial charge in [0, 0.05) is 50.6 Å². The van der Waals surface area contributed by atoms with Gasteiger partial charge in [-0.25, -0.2) is 0 Å². The number of hydrogen-bond donors (Lipinski definition) is 0. The maximum atomic E-state index is 2.87. The number of fused-ring (bicyclic) bond motifs is 14. The second-order valence-electron chi connectivity index (χ2n) is 22.1. The van der Waals surface area contributed by atoms with Crippen molar-refractivity contribution in [2.24, 2.45) is 0 Å². The summed E-state index contributed by atoms with van der Waals surface area (Å²) in [4.78, 5) is 8.32. The molecule has 0 radical (unpaired) electrons. The van der Waals surface area contributed by atoms with Gasteiger partial charge < -0.3 is 14.7 Å². The number of benzene rings is 7. The quantitative estimate of drug-likeness (QED) is 0.161. The third-order valence-corrected chi connectivity index (χ3v) is 18.0. The Kier molecular flexibility index (Phi) is 7.46. The first-order chi connectivity index (χ1) is 30.7. The molecule has 0 bridgehead atoms. The van der Waals surface area contributed by atoms with Gasteiger partial charge in [0.15, 0.2) is 0 Å². The van der Waals surface area contributed by atoms with Crippen LogP contribution in [0.3, 0.4) is 0 Å². The van der Waals surface area contributed by atoms with Crippen LogP contribution in [-0.4, -0.2) is 6.71 Å². The van der Waals surface area contributed by atoms with E-state index in [1.807, 2.05) is 0 Å². The van der Waals surface area contributed by atoms with Crippen molar-refractivity contribution in [3.63, 3.8) is 0 Å². The van der Waals surface area contributed by atoms with Crippen LogP contribution in [0.5, 0.6) is 0 Å². The molecule has 316 valence electrons. The van der Waals surface area contributed by atoms with E-state index >= 15 is 0 Å². The second kappa shape index (κ2) is 12.4. The van der Waals surface area contributed by atoms with Crippen molar-refractivity contribution in [3.05, 3.63) is 190 Å². The number of hydrogen-bond acceptors (Lipinski definition) is 3. The van der Waals surface area contributed by atoms with Gasteiger partial charge in [-0.15, -0.1) is 0 Å². The minimum absolute atomic E-state index is 0.0336. The van der Waals surface area contributed by atoms with Crippen molar-refractivity contribution in [2.45, 2.75) is 115 Å². The van der Waals surface area contributed by atoms with Gasteiger partial charge in [-0.3, -0.25) is 0 Å². The number of para-hydroxylation sites is 1. The molecule has 0 N–H and O–H groups in total. The largest absolute Gasteiger partial charge is 0.331 e. The summed E-state index contributed by atoms with van der Waals surface area (Å²) in [5.41, 5.74) is 25.3. The summed E-state index contributed by atoms with van der Waals surface area (Å²) in [6, 6.07) is 55.3. The Bertz CT molecular complexity index is 3190. The molecular weight excluding hydrogens is 773 g/mol. The molecule has 6 aliphatic rings. The number of aryl methyl sites for hydroxylation is 4. The Morgan fingerprint density at radius 2 is 1.11 bits per heavy atom. The van der Waals surface area contributed by atoms with E-state index in [1.165, 1.54) is 106 Å². The molecule has 0 fully saturated rings. The van der Waals surface area contributed by atoms with Gasteiger partial charge in [-0.1, -0.05) is 138 Å². The predicted molar refractivity (Wildman–Crippen MR) is 270 cm³/mol. The van der Waals surface area contributed by atoms with E-state index in [9.17, 15) is 0 Å². The highest BCUT2D eigenvalue weighted by Crippen LogP contribution is 2.67. The summed E-state index contributed by atoms with van der Waals surface area (Å²) in [7, 11) is 0. The lowest BCUT2D eigenvalue weighted by Gasteiger charge is -2.54. The fraction of sp³-hybridized carbons (Fsp3) is 0.300. The molecule has 7 aromatic carbocycles. The first-order valence-electron chi connectivity index (χ1n) is 23.9. The van der Waals surface area contributed by atoms with E-state index in [0.717, 1.165) is 25.7 Å². The maximum Gasteiger partial charge on any atom is 0.252 e. The summed E-state index contributed by atoms with van der Waals surface area (Å²) in [6.07, 6.45) is 4.36. The summed E-state index contributed by atoms with van der Waals surface area (Å²) < 4.78 is 0. The zero-order chi connectivity index (χ0) is 43.9. The predicted octanol–water partition coefficient (Wildman–Crippen LogP) is 12.8. The Morgan fingerprint density at radius 1 is 0.484 bits per heavy atom. The zero-order valence-electron chi connectivity index (χ0n) is 39.0. The molecule has 0 saturated heterocycles. The van der Waals surface area contributed by atoms with Crippen molar-refractivity contribution in [3.8, 4) is 0 Å². The van der Waals surface area contributed by atoms with E-state index in [4.69, 9.17) is 0 Å². The van der Waals surface area contributed by atoms with E-state index in [1.54, 1.807) is 0 Å². The van der Waals surface area contributed by atoms with Crippen molar-refractivity contribution in [1.29, 1.82) is 0 Å². The second-order valence-corrected chi connectivity index (χ2v) is 22.1. The average molecular weight is 832 g/mol. The van der Waals surface area contributed by atoms with Crippen LogP contribution in [0.25, 0.3) is 0 Å². The summed E-state index contributed by atoms with van der Waals surface area (Å²) in [5, 5.41) is 0. The lowest BCUT2D eigenvalue weighted by atomic mass is 9.33. The Labute approximate surface area is 380 Å². The van der Waals surface area contributed by atoms with Crippen LogP contribution < -0.4 is 31.1 Å². The topological polar surface area (TPSA) is 9.72 Å². The molecule has 4 heteroatoms. The molecule has 0 amide bonds. The lowest BCUT2D eigenvalue weighted by molar-refractivity contribution is 0.244. The highest BCUT2D eigenvalue weighted by molar-refractivity contribution is 7.00. The Balaban J connectivity index is 1.18. The van der Waals surface area contributed by atoms with Crippen molar-refractivity contribution in [2.75, 3.05) is 14.7 Å². The Hall–Kier alpha value is -6.00. The smallest absolute Gasteiger partial charge is 0.252 e. The molecule has 4 unspecified atom stereocenters. The van der Waals surface area contributed by atoms with Crippen LogP contribution in [0.2, 0.25) is 0 Å². The first-order valence-corrected chi connectivity index (χ1v) is 23.9. The minimum Gasteiger partial charge on any atom is -0.331 e. The zero-order valence-corrected chi connectivity index (χ0v) is 39.0. The molecule has 64 heavy (non-hydrogen) atoms. The molecule has 7 aromatic rings. The molecule has 0 spiro atoms. The van der Waals surface area contributed by atoms with Crippen molar-refractivity contribution in [1.82, 2.24) is 0 Å². The van der Waals surface area contributed by atoms with Crippen molar-refractivity contribution < 1.29 is 0 Å². The number of rotatable bonds is 2. The standard InChI is InChI=1S/C60H58BN3/c1-37-16-14-19-42(32-37)62-51-33-38(2)24-26-48(51)61-49-23-15-22-46-55(49)64(60(9)45-21-13-11-18-40(45)28-30-57(46,60)6)53-36-43(35-52(62)54(53)61)63-50-27-25-41(56(3,4)5)34-47(50)58(7)31-29-39-17-10-12-20-44(39)59(58,63)8/h10-27,32-36H,28-31H2,1-9H3. The first kappa shape index (κ1) is 38.5. The van der Waals surface area contributed by atoms with Crippen LogP contribution in [-0.2, 0) is 40.2 Å². The summed E-state index contributed by atoms with van der Waals surface area (Å²) in [5.74, 6) is 0. The molecule has 13 rings (SSSR count). The van der Waals surface area contributed by atoms with Crippen LogP contribution in [0.15, 0.2) is 140 Å². The van der Waals surface area contributed by atoms with Crippen molar-refractivity contribution >= 4 is 62.9 Å². The van der Waals surface area contributed by atoms with E-state index < -0.39 is 0 Å². The fourth-order valence-electron chi connectivity index (χ4n) is 14.3. The average Bonchev–Trinajstić information content (AvgIpc) is 3.63. The van der Waals surface area contributed by atoms with Gasteiger partial charge in [-0.05, 0) is 162 Å². The lowest BCUT2D eigenvalue weighted by Crippen LogP contribution is -2.64. The minimum atomic E-state index is -0.350. The van der Waals surface area contributed by atoms with E-state index in [0.29, 0.717) is 0 Å². The molecule has 4 atom stereocenters. The van der Waals surface area contributed by atoms with Crippen LogP contribution in [0.4, 0.5) is 39.8 Å². The van der Waals surface area contributed by atoms with Gasteiger partial charge in [0.1, 0.15) is 0 Å². The van der Waals surface area contributed by atoms with E-state index in [2.05, 4.69) is 217 Å². The van der Waals surface area contributed by atoms with E-state index in [-0.39, 0.29) is 34.0 Å². The van der Waals surface area contributed by atoms with Gasteiger partial charge >= 0.3 is 0 Å². The summed E-state index contributed by atoms with van der Waals surface area (Å²) in [6.45, 7) is 22.0. The number of nitrogens with zero attached hydrogens (tertiary/aromatic N) is 3. The van der Waals surface area contributed by atoms with Gasteiger partial charge in [-0.2, -0.15) is 0 Å². The maximum absolute atomic E-state index is 2.87. The SMILES string of the molecule is Cc1cccc(N2c3cc(C)ccc3B3c4cccc5c4N(c4cc(N6c7ccc(C(C)(C)C)cc7C7(C)CCc8ccccc8C67C)cc2c43)C2(C)c3ccccc3CCC52C)c1. The van der Waals surface area contributed by atoms with Crippen LogP contribution in [0.1, 0.15) is 111 Å². The highest BCUT2D eigenvalue weighted by atomic mass is 15.3. The van der Waals surface area contributed by atoms with Gasteiger partial charge in [0.2, 0.25) is 0 Å². The molecule has 4 heterocycles. The third kappa shape index (κ3) is 4.50. The molecule has 2 aliphatic carbocycles. The summed E-state index contributed by atoms with van der Waals surface area (Å²) >= 11 is 0. The monoisotopic (exact) mass is 831 g/mol. The Morgan fingerprint density at radius 3 is 1.81 bits per heavy atom. The van der Waals surface area contributed by atoms with Gasteiger partial charge in [0.05, 0.1) is 11.1 Å². The molecule has 3 nitrogen and oxygen atoms in total. The number of anilines is 7. The third-order valence-electron chi connectivity index (χ3n) is 18.0. The molecule has 4 aliphatic heterocycles. The van der Waals surface area contributed by atoms with Crippen LogP contribution in [0, 0.1) is 13.8 Å². The molecule has 0 saturated carbocycles. The molecular formula is C60H58BN3. The highest BCUT2D eigenvalue weighted by Gasteiger charge is 2.64. The molecule has 0 aromatic heterocycles. The fourth-order valence-corrected chi connectivity index (χ4v) is 14.3.